The zero-order valence-electron chi connectivity index (χ0n) is 19.5. The summed E-state index contributed by atoms with van der Waals surface area (Å²) in [5, 5.41) is 18.2. The van der Waals surface area contributed by atoms with Crippen molar-refractivity contribution in [2.24, 2.45) is 0 Å². The molecule has 0 bridgehead atoms. The number of pyridine rings is 2. The molecule has 5 rings (SSSR count). The number of rotatable bonds is 4. The van der Waals surface area contributed by atoms with Crippen LogP contribution in [-0.2, 0) is 0 Å². The molecule has 0 aliphatic heterocycles. The standard InChI is InChI=1S/C24H21Cl2N9O/c1-24(2,3)33-23(36)32-21-15(19-16(25)5-4-6-17(19)26)9-13-10-27-22(31-20(13)30-21)29-14-7-8-18-34-28-12-35(18)11-14/h4-12H,1-3H3,(H3,27,29,30,31,32,33,36). The van der Waals surface area contributed by atoms with Gasteiger partial charge in [0.05, 0.1) is 15.7 Å². The molecule has 0 atom stereocenters. The zero-order valence-corrected chi connectivity index (χ0v) is 21.1. The van der Waals surface area contributed by atoms with E-state index in [9.17, 15) is 4.79 Å². The monoisotopic (exact) mass is 521 g/mol. The Balaban J connectivity index is 1.57. The second-order valence-electron chi connectivity index (χ2n) is 9.06. The fourth-order valence-corrected chi connectivity index (χ4v) is 4.18. The molecule has 0 saturated heterocycles. The highest BCUT2D eigenvalue weighted by Crippen LogP contribution is 2.39. The topological polar surface area (TPSA) is 122 Å². The molecule has 0 saturated carbocycles. The minimum atomic E-state index is -0.450. The number of urea groups is 1. The molecule has 0 aliphatic rings. The first-order valence-electron chi connectivity index (χ1n) is 10.9. The first-order chi connectivity index (χ1) is 17.2. The normalized spacial score (nSPS) is 11.6. The van der Waals surface area contributed by atoms with Crippen LogP contribution < -0.4 is 16.0 Å². The Morgan fingerprint density at radius 2 is 1.83 bits per heavy atom. The van der Waals surface area contributed by atoms with Crippen molar-refractivity contribution >= 4 is 63.4 Å². The Morgan fingerprint density at radius 1 is 1.06 bits per heavy atom. The Bertz CT molecular complexity index is 1590. The summed E-state index contributed by atoms with van der Waals surface area (Å²) in [4.78, 5) is 26.3. The Hall–Kier alpha value is -4.02. The third-order valence-electron chi connectivity index (χ3n) is 5.07. The first-order valence-corrected chi connectivity index (χ1v) is 11.7. The van der Waals surface area contributed by atoms with E-state index in [2.05, 4.69) is 41.1 Å². The average Bonchev–Trinajstić information content (AvgIpc) is 3.26. The van der Waals surface area contributed by atoms with E-state index in [0.29, 0.717) is 38.2 Å². The number of benzene rings is 1. The third kappa shape index (κ3) is 5.00. The lowest BCUT2D eigenvalue weighted by Gasteiger charge is -2.21. The Labute approximate surface area is 216 Å². The maximum Gasteiger partial charge on any atom is 0.320 e. The van der Waals surface area contributed by atoms with Crippen molar-refractivity contribution in [3.8, 4) is 11.1 Å². The number of aromatic nitrogens is 6. The zero-order chi connectivity index (χ0) is 25.4. The van der Waals surface area contributed by atoms with E-state index < -0.39 is 11.6 Å². The molecule has 5 aromatic rings. The molecule has 1 aromatic carbocycles. The molecule has 0 unspecified atom stereocenters. The van der Waals surface area contributed by atoms with Gasteiger partial charge in [-0.3, -0.25) is 9.72 Å². The fraction of sp³-hybridized carbons (Fsp3) is 0.167. The van der Waals surface area contributed by atoms with Crippen LogP contribution in [0, 0.1) is 0 Å². The van der Waals surface area contributed by atoms with E-state index in [1.54, 1.807) is 41.2 Å². The fourth-order valence-electron chi connectivity index (χ4n) is 3.57. The van der Waals surface area contributed by atoms with Crippen LogP contribution >= 0.6 is 23.2 Å². The van der Waals surface area contributed by atoms with Crippen LogP contribution in [0.25, 0.3) is 27.8 Å². The lowest BCUT2D eigenvalue weighted by Crippen LogP contribution is -2.43. The van der Waals surface area contributed by atoms with Crippen LogP contribution in [0.1, 0.15) is 20.8 Å². The van der Waals surface area contributed by atoms with Crippen LogP contribution in [0.4, 0.5) is 22.2 Å². The largest absolute Gasteiger partial charge is 0.333 e. The molecule has 0 spiro atoms. The van der Waals surface area contributed by atoms with Crippen LogP contribution in [0.3, 0.4) is 0 Å². The molecule has 3 N–H and O–H groups in total. The van der Waals surface area contributed by atoms with Crippen molar-refractivity contribution in [3.63, 3.8) is 0 Å². The SMILES string of the molecule is CC(C)(C)NC(=O)Nc1nc2nc(Nc3ccc4nncn4c3)ncc2cc1-c1c(Cl)cccc1Cl. The van der Waals surface area contributed by atoms with Crippen molar-refractivity contribution < 1.29 is 4.79 Å². The molecule has 0 aliphatic carbocycles. The number of carbonyl (C=O) groups excluding carboxylic acids is 1. The van der Waals surface area contributed by atoms with Crippen molar-refractivity contribution in [3.05, 3.63) is 65.2 Å². The Kier molecular flexibility index (Phi) is 6.07. The highest BCUT2D eigenvalue weighted by atomic mass is 35.5. The number of fused-ring (bicyclic) bond motifs is 2. The van der Waals surface area contributed by atoms with Gasteiger partial charge in [-0.1, -0.05) is 29.3 Å². The highest BCUT2D eigenvalue weighted by molar-refractivity contribution is 6.39. The second-order valence-corrected chi connectivity index (χ2v) is 9.87. The van der Waals surface area contributed by atoms with Gasteiger partial charge in [0, 0.05) is 34.4 Å². The number of nitrogens with one attached hydrogen (secondary N) is 3. The predicted octanol–water partition coefficient (Wildman–Crippen LogP) is 5.70. The molecule has 0 fully saturated rings. The number of nitrogens with zero attached hydrogens (tertiary/aromatic N) is 6. The molecule has 182 valence electrons. The molecular weight excluding hydrogens is 501 g/mol. The average molecular weight is 522 g/mol. The van der Waals surface area contributed by atoms with E-state index in [1.165, 1.54) is 0 Å². The first kappa shape index (κ1) is 23.7. The van der Waals surface area contributed by atoms with Crippen molar-refractivity contribution in [2.45, 2.75) is 26.3 Å². The minimum absolute atomic E-state index is 0.259. The van der Waals surface area contributed by atoms with Gasteiger partial charge in [-0.25, -0.2) is 14.8 Å². The highest BCUT2D eigenvalue weighted by Gasteiger charge is 2.20. The molecular formula is C24H21Cl2N9O. The van der Waals surface area contributed by atoms with Gasteiger partial charge in [-0.2, -0.15) is 4.98 Å². The smallest absolute Gasteiger partial charge is 0.320 e. The van der Waals surface area contributed by atoms with Crippen LogP contribution in [0.15, 0.2) is 55.1 Å². The summed E-state index contributed by atoms with van der Waals surface area (Å²) in [6, 6.07) is 10.2. The maximum absolute atomic E-state index is 12.7. The van der Waals surface area contributed by atoms with Gasteiger partial charge >= 0.3 is 6.03 Å². The van der Waals surface area contributed by atoms with Crippen LogP contribution in [-0.4, -0.2) is 41.1 Å². The lowest BCUT2D eigenvalue weighted by molar-refractivity contribution is 0.243. The van der Waals surface area contributed by atoms with Gasteiger partial charge in [0.15, 0.2) is 11.3 Å². The van der Waals surface area contributed by atoms with E-state index in [-0.39, 0.29) is 5.82 Å². The van der Waals surface area contributed by atoms with Gasteiger partial charge in [0.1, 0.15) is 12.1 Å². The number of hydrogen-bond acceptors (Lipinski definition) is 7. The van der Waals surface area contributed by atoms with Gasteiger partial charge in [-0.15, -0.1) is 10.2 Å². The maximum atomic E-state index is 12.7. The number of amides is 2. The molecule has 10 nitrogen and oxygen atoms in total. The van der Waals surface area contributed by atoms with Gasteiger partial charge in [-0.05, 0) is 51.1 Å². The molecule has 12 heteroatoms. The summed E-state index contributed by atoms with van der Waals surface area (Å²) in [6.07, 6.45) is 5.07. The summed E-state index contributed by atoms with van der Waals surface area (Å²) < 4.78 is 1.77. The summed E-state index contributed by atoms with van der Waals surface area (Å²) in [6.45, 7) is 5.65. The van der Waals surface area contributed by atoms with Crippen molar-refractivity contribution in [2.75, 3.05) is 10.6 Å². The quantitative estimate of drug-likeness (QED) is 0.277. The summed E-state index contributed by atoms with van der Waals surface area (Å²) >= 11 is 13.0. The molecule has 0 radical (unpaired) electrons. The molecule has 2 amide bonds. The number of carbonyl (C=O) groups is 1. The van der Waals surface area contributed by atoms with Gasteiger partial charge in [0.2, 0.25) is 5.95 Å². The summed E-state index contributed by atoms with van der Waals surface area (Å²) in [5.41, 5.74) is 2.47. The van der Waals surface area contributed by atoms with E-state index in [1.807, 2.05) is 39.1 Å². The summed E-state index contributed by atoms with van der Waals surface area (Å²) in [7, 11) is 0. The molecule has 4 heterocycles. The summed E-state index contributed by atoms with van der Waals surface area (Å²) in [5.74, 6) is 0.589. The van der Waals surface area contributed by atoms with Crippen molar-refractivity contribution in [1.82, 2.24) is 34.9 Å². The number of anilines is 3. The number of hydrogen-bond donors (Lipinski definition) is 3. The number of halogens is 2. The predicted molar refractivity (Wildman–Crippen MR) is 141 cm³/mol. The van der Waals surface area contributed by atoms with Crippen LogP contribution in [0.2, 0.25) is 10.0 Å². The van der Waals surface area contributed by atoms with Gasteiger partial charge < -0.3 is 10.6 Å². The Morgan fingerprint density at radius 3 is 2.58 bits per heavy atom. The van der Waals surface area contributed by atoms with Crippen molar-refractivity contribution in [1.29, 1.82) is 0 Å². The van der Waals surface area contributed by atoms with E-state index >= 15 is 0 Å². The minimum Gasteiger partial charge on any atom is -0.333 e. The third-order valence-corrected chi connectivity index (χ3v) is 5.70. The molecule has 36 heavy (non-hydrogen) atoms. The van der Waals surface area contributed by atoms with E-state index in [0.717, 1.165) is 11.3 Å². The van der Waals surface area contributed by atoms with Gasteiger partial charge in [0.25, 0.3) is 0 Å². The lowest BCUT2D eigenvalue weighted by atomic mass is 10.0. The van der Waals surface area contributed by atoms with Crippen LogP contribution in [0.5, 0.6) is 0 Å². The second kappa shape index (κ2) is 9.21. The molecule has 4 aromatic heterocycles. The van der Waals surface area contributed by atoms with E-state index in [4.69, 9.17) is 23.2 Å².